The summed E-state index contributed by atoms with van der Waals surface area (Å²) in [4.78, 5) is 27.0. The molecule has 0 amide bonds. The monoisotopic (exact) mass is 702 g/mol. The standard InChI is InChI=1S/C40H29F3N4O3S/c1-25(30-15-9-10-16-31(30)40(41,42)43)50-34-23-36(51-38(34)39(48)49-2)47-24-45-32-21-28(17-18-33(32)47)29-19-20-44-35(22-29)46-37(26-11-5-3-6-12-26)27-13-7-4-8-14-27/h3-25H,1-2H3. The molecule has 0 N–H and O–H groups in total. The number of imidazole rings is 1. The van der Waals surface area contributed by atoms with Crippen molar-refractivity contribution in [3.8, 4) is 21.9 Å². The zero-order valence-corrected chi connectivity index (χ0v) is 28.2. The lowest BCUT2D eigenvalue weighted by Gasteiger charge is -2.19. The molecular weight excluding hydrogens is 674 g/mol. The zero-order valence-electron chi connectivity index (χ0n) is 27.3. The number of fused-ring (bicyclic) bond motifs is 1. The van der Waals surface area contributed by atoms with Crippen LogP contribution < -0.4 is 4.74 Å². The van der Waals surface area contributed by atoms with E-state index in [1.54, 1.807) is 23.2 Å². The quantitative estimate of drug-likeness (QED) is 0.111. The summed E-state index contributed by atoms with van der Waals surface area (Å²) >= 11 is 1.09. The number of thiophene rings is 1. The minimum Gasteiger partial charge on any atom is -0.484 e. The lowest BCUT2D eigenvalue weighted by Crippen LogP contribution is -2.14. The van der Waals surface area contributed by atoms with Crippen LogP contribution in [0.25, 0.3) is 27.2 Å². The Hall–Kier alpha value is -6.07. The first-order valence-corrected chi connectivity index (χ1v) is 16.7. The molecule has 0 radical (unpaired) electrons. The van der Waals surface area contributed by atoms with Gasteiger partial charge in [0.2, 0.25) is 0 Å². The molecule has 0 aliphatic carbocycles. The predicted molar refractivity (Wildman–Crippen MR) is 192 cm³/mol. The van der Waals surface area contributed by atoms with Crippen LogP contribution in [-0.4, -0.2) is 33.3 Å². The molecule has 254 valence electrons. The van der Waals surface area contributed by atoms with Crippen molar-refractivity contribution in [2.75, 3.05) is 7.11 Å². The first-order chi connectivity index (χ1) is 24.7. The molecule has 3 heterocycles. The van der Waals surface area contributed by atoms with E-state index in [-0.39, 0.29) is 16.2 Å². The van der Waals surface area contributed by atoms with Crippen molar-refractivity contribution >= 4 is 39.9 Å². The number of pyridine rings is 1. The van der Waals surface area contributed by atoms with Gasteiger partial charge in [0, 0.05) is 29.0 Å². The van der Waals surface area contributed by atoms with Crippen LogP contribution in [-0.2, 0) is 10.9 Å². The fourth-order valence-corrected chi connectivity index (χ4v) is 6.79. The predicted octanol–water partition coefficient (Wildman–Crippen LogP) is 10.3. The molecule has 0 bridgehead atoms. The smallest absolute Gasteiger partial charge is 0.416 e. The number of nitrogens with zero attached hydrogens (tertiary/aromatic N) is 4. The molecule has 7 rings (SSSR count). The van der Waals surface area contributed by atoms with Crippen molar-refractivity contribution in [2.45, 2.75) is 19.2 Å². The molecule has 3 aromatic heterocycles. The number of esters is 1. The lowest BCUT2D eigenvalue weighted by atomic mass is 10.0. The third-order valence-electron chi connectivity index (χ3n) is 8.25. The van der Waals surface area contributed by atoms with Gasteiger partial charge >= 0.3 is 12.1 Å². The molecule has 11 heteroatoms. The third kappa shape index (κ3) is 7.01. The number of benzene rings is 4. The van der Waals surface area contributed by atoms with Crippen molar-refractivity contribution in [2.24, 2.45) is 4.99 Å². The number of carbonyl (C=O) groups is 1. The van der Waals surface area contributed by atoms with E-state index in [1.165, 1.54) is 32.2 Å². The van der Waals surface area contributed by atoms with Crippen LogP contribution in [0.1, 0.15) is 45.0 Å². The molecular formula is C40H29F3N4O3S. The number of ether oxygens (including phenoxy) is 2. The van der Waals surface area contributed by atoms with Gasteiger partial charge in [-0.2, -0.15) is 13.2 Å². The molecule has 0 fully saturated rings. The van der Waals surface area contributed by atoms with Gasteiger partial charge in [-0.3, -0.25) is 4.57 Å². The van der Waals surface area contributed by atoms with Crippen LogP contribution in [0.4, 0.5) is 19.0 Å². The zero-order chi connectivity index (χ0) is 35.5. The van der Waals surface area contributed by atoms with Crippen molar-refractivity contribution in [1.82, 2.24) is 14.5 Å². The second-order valence-electron chi connectivity index (χ2n) is 11.5. The van der Waals surface area contributed by atoms with Gasteiger partial charge in [-0.25, -0.2) is 19.8 Å². The van der Waals surface area contributed by atoms with Crippen molar-refractivity contribution in [3.05, 3.63) is 161 Å². The molecule has 4 aromatic carbocycles. The Morgan fingerprint density at radius 2 is 1.49 bits per heavy atom. The van der Waals surface area contributed by atoms with Gasteiger partial charge in [-0.1, -0.05) is 84.9 Å². The SMILES string of the molecule is COC(=O)c1sc(-n2cnc3cc(-c4ccnc(N=C(c5ccccc5)c5ccccc5)c4)ccc32)cc1OC(C)c1ccccc1C(F)(F)F. The van der Waals surface area contributed by atoms with Gasteiger partial charge in [-0.05, 0) is 48.4 Å². The normalized spacial score (nSPS) is 12.0. The number of aliphatic imine (C=N–C) groups is 1. The minimum absolute atomic E-state index is 0.0458. The number of methoxy groups -OCH3 is 1. The van der Waals surface area contributed by atoms with E-state index < -0.39 is 23.8 Å². The average molecular weight is 703 g/mol. The highest BCUT2D eigenvalue weighted by atomic mass is 32.1. The maximum atomic E-state index is 13.7. The summed E-state index contributed by atoms with van der Waals surface area (Å²) in [6, 6.07) is 36.4. The van der Waals surface area contributed by atoms with Crippen LogP contribution in [0.15, 0.2) is 139 Å². The second kappa shape index (κ2) is 14.0. The van der Waals surface area contributed by atoms with Crippen LogP contribution in [0.2, 0.25) is 0 Å². The summed E-state index contributed by atoms with van der Waals surface area (Å²) in [5, 5.41) is 0.576. The molecule has 51 heavy (non-hydrogen) atoms. The molecule has 7 nitrogen and oxygen atoms in total. The lowest BCUT2D eigenvalue weighted by molar-refractivity contribution is -0.139. The van der Waals surface area contributed by atoms with Crippen molar-refractivity contribution < 1.29 is 27.4 Å². The van der Waals surface area contributed by atoms with E-state index in [0.29, 0.717) is 16.3 Å². The molecule has 0 spiro atoms. The Morgan fingerprint density at radius 3 is 2.18 bits per heavy atom. The van der Waals surface area contributed by atoms with E-state index in [1.807, 2.05) is 91.0 Å². The van der Waals surface area contributed by atoms with Crippen LogP contribution in [0.3, 0.4) is 0 Å². The Morgan fingerprint density at radius 1 is 0.824 bits per heavy atom. The van der Waals surface area contributed by atoms with Crippen LogP contribution in [0, 0.1) is 0 Å². The van der Waals surface area contributed by atoms with E-state index in [0.717, 1.165) is 50.9 Å². The molecule has 7 aromatic rings. The van der Waals surface area contributed by atoms with E-state index in [2.05, 4.69) is 9.97 Å². The van der Waals surface area contributed by atoms with Gasteiger partial charge in [0.15, 0.2) is 10.7 Å². The fourth-order valence-electron chi connectivity index (χ4n) is 5.80. The topological polar surface area (TPSA) is 78.6 Å². The Kier molecular flexibility index (Phi) is 9.20. The molecule has 1 unspecified atom stereocenters. The van der Waals surface area contributed by atoms with Gasteiger partial charge in [-0.15, -0.1) is 11.3 Å². The van der Waals surface area contributed by atoms with Crippen LogP contribution in [0.5, 0.6) is 5.75 Å². The summed E-state index contributed by atoms with van der Waals surface area (Å²) in [6.07, 6.45) is -2.23. The maximum Gasteiger partial charge on any atom is 0.416 e. The molecule has 0 saturated carbocycles. The fraction of sp³-hybridized carbons (Fsp3) is 0.100. The second-order valence-corrected chi connectivity index (χ2v) is 12.6. The minimum atomic E-state index is -4.56. The number of rotatable bonds is 9. The number of hydrogen-bond donors (Lipinski definition) is 0. The first kappa shape index (κ1) is 33.4. The molecule has 0 saturated heterocycles. The maximum absolute atomic E-state index is 13.7. The van der Waals surface area contributed by atoms with E-state index in [9.17, 15) is 18.0 Å². The Balaban J connectivity index is 1.21. The number of aromatic nitrogens is 3. The number of halogens is 3. The van der Waals surface area contributed by atoms with Crippen molar-refractivity contribution in [1.29, 1.82) is 0 Å². The largest absolute Gasteiger partial charge is 0.484 e. The summed E-state index contributed by atoms with van der Waals surface area (Å²) in [6.45, 7) is 1.51. The summed E-state index contributed by atoms with van der Waals surface area (Å²) in [7, 11) is 1.24. The van der Waals surface area contributed by atoms with E-state index in [4.69, 9.17) is 14.5 Å². The highest BCUT2D eigenvalue weighted by Crippen LogP contribution is 2.40. The number of alkyl halides is 3. The number of hydrogen-bond acceptors (Lipinski definition) is 7. The summed E-state index contributed by atoms with van der Waals surface area (Å²) in [5.74, 6) is -0.00230. The van der Waals surface area contributed by atoms with Gasteiger partial charge in [0.05, 0.1) is 29.4 Å². The van der Waals surface area contributed by atoms with E-state index >= 15 is 0 Å². The highest BCUT2D eigenvalue weighted by Gasteiger charge is 2.35. The highest BCUT2D eigenvalue weighted by molar-refractivity contribution is 7.16. The summed E-state index contributed by atoms with van der Waals surface area (Å²) < 4.78 is 54.0. The Labute approximate surface area is 295 Å². The summed E-state index contributed by atoms with van der Waals surface area (Å²) in [5.41, 5.74) is 5.14. The third-order valence-corrected chi connectivity index (χ3v) is 9.34. The number of carbonyl (C=O) groups excluding carboxylic acids is 1. The molecule has 1 atom stereocenters. The van der Waals surface area contributed by atoms with Crippen molar-refractivity contribution in [3.63, 3.8) is 0 Å². The Bertz CT molecular complexity index is 2330. The van der Waals surface area contributed by atoms with Crippen LogP contribution >= 0.6 is 11.3 Å². The van der Waals surface area contributed by atoms with Gasteiger partial charge in [0.1, 0.15) is 23.2 Å². The molecule has 0 aliphatic rings. The van der Waals surface area contributed by atoms with Gasteiger partial charge in [0.25, 0.3) is 0 Å². The molecule has 0 aliphatic heterocycles. The average Bonchev–Trinajstić information content (AvgIpc) is 3.78. The van der Waals surface area contributed by atoms with Gasteiger partial charge < -0.3 is 9.47 Å². The first-order valence-electron chi connectivity index (χ1n) is 15.9.